The number of thiazole rings is 1. The van der Waals surface area contributed by atoms with Crippen molar-refractivity contribution in [2.45, 2.75) is 46.1 Å². The van der Waals surface area contributed by atoms with Crippen LogP contribution in [0.25, 0.3) is 0 Å². The largest absolute Gasteiger partial charge is 0.382 e. The van der Waals surface area contributed by atoms with Gasteiger partial charge in [0.2, 0.25) is 0 Å². The van der Waals surface area contributed by atoms with Gasteiger partial charge in [-0.3, -0.25) is 4.79 Å². The Labute approximate surface area is 124 Å². The number of amides is 1. The van der Waals surface area contributed by atoms with Gasteiger partial charge in [0, 0.05) is 19.1 Å². The number of nitrogen functional groups attached to an aromatic ring is 1. The molecule has 6 heteroatoms. The van der Waals surface area contributed by atoms with Gasteiger partial charge in [-0.15, -0.1) is 0 Å². The molecule has 1 aromatic heterocycles. The molecule has 0 spiro atoms. The number of anilines is 2. The SMILES string of the molecule is CCC1CCCN1C(=O)c1sc(NCC(C)C)nc1N. The topological polar surface area (TPSA) is 71.2 Å². The Bertz CT molecular complexity index is 472. The third-order valence-corrected chi connectivity index (χ3v) is 4.64. The highest BCUT2D eigenvalue weighted by Crippen LogP contribution is 2.30. The van der Waals surface area contributed by atoms with E-state index >= 15 is 0 Å². The number of carbonyl (C=O) groups excluding carboxylic acids is 1. The molecule has 1 saturated heterocycles. The fourth-order valence-corrected chi connectivity index (χ4v) is 3.36. The summed E-state index contributed by atoms with van der Waals surface area (Å²) in [5, 5.41) is 3.98. The molecule has 20 heavy (non-hydrogen) atoms. The first-order valence-electron chi connectivity index (χ1n) is 7.34. The van der Waals surface area contributed by atoms with Crippen molar-refractivity contribution in [1.82, 2.24) is 9.88 Å². The smallest absolute Gasteiger partial charge is 0.268 e. The summed E-state index contributed by atoms with van der Waals surface area (Å²) >= 11 is 1.37. The Kier molecular flexibility index (Phi) is 4.86. The zero-order valence-electron chi connectivity index (χ0n) is 12.5. The maximum atomic E-state index is 12.6. The number of rotatable bonds is 5. The van der Waals surface area contributed by atoms with Crippen molar-refractivity contribution in [3.05, 3.63) is 4.88 Å². The third kappa shape index (κ3) is 3.23. The zero-order valence-corrected chi connectivity index (χ0v) is 13.3. The van der Waals surface area contributed by atoms with Crippen LogP contribution < -0.4 is 11.1 Å². The third-order valence-electron chi connectivity index (χ3n) is 3.62. The van der Waals surface area contributed by atoms with Crippen molar-refractivity contribution in [1.29, 1.82) is 0 Å². The molecule has 0 radical (unpaired) electrons. The minimum atomic E-state index is 0.0435. The lowest BCUT2D eigenvalue weighted by Gasteiger charge is -2.22. The van der Waals surface area contributed by atoms with Crippen molar-refractivity contribution in [2.24, 2.45) is 5.92 Å². The first kappa shape index (κ1) is 15.1. The lowest BCUT2D eigenvalue weighted by Crippen LogP contribution is -2.34. The van der Waals surface area contributed by atoms with Crippen LogP contribution in [0.15, 0.2) is 0 Å². The molecule has 3 N–H and O–H groups in total. The molecular weight excluding hydrogens is 272 g/mol. The van der Waals surface area contributed by atoms with Gasteiger partial charge in [0.1, 0.15) is 10.7 Å². The Morgan fingerprint density at radius 2 is 2.35 bits per heavy atom. The predicted molar refractivity (Wildman–Crippen MR) is 84.2 cm³/mol. The van der Waals surface area contributed by atoms with E-state index in [2.05, 4.69) is 31.1 Å². The minimum absolute atomic E-state index is 0.0435. The van der Waals surface area contributed by atoms with E-state index in [1.807, 2.05) is 4.90 Å². The van der Waals surface area contributed by atoms with Crippen molar-refractivity contribution in [3.8, 4) is 0 Å². The first-order valence-corrected chi connectivity index (χ1v) is 8.15. The predicted octanol–water partition coefficient (Wildman–Crippen LogP) is 2.81. The summed E-state index contributed by atoms with van der Waals surface area (Å²) in [5.74, 6) is 0.928. The quantitative estimate of drug-likeness (QED) is 0.876. The molecule has 1 amide bonds. The molecule has 1 aromatic rings. The zero-order chi connectivity index (χ0) is 14.7. The fourth-order valence-electron chi connectivity index (χ4n) is 2.51. The fraction of sp³-hybridized carbons (Fsp3) is 0.714. The normalized spacial score (nSPS) is 18.8. The molecule has 1 fully saturated rings. The molecule has 5 nitrogen and oxygen atoms in total. The van der Waals surface area contributed by atoms with Crippen molar-refractivity contribution in [3.63, 3.8) is 0 Å². The summed E-state index contributed by atoms with van der Waals surface area (Å²) in [6, 6.07) is 0.357. The number of aromatic nitrogens is 1. The lowest BCUT2D eigenvalue weighted by molar-refractivity contribution is 0.0739. The van der Waals surface area contributed by atoms with Gasteiger partial charge in [-0.05, 0) is 25.2 Å². The molecule has 1 atom stereocenters. The van der Waals surface area contributed by atoms with E-state index in [-0.39, 0.29) is 5.91 Å². The van der Waals surface area contributed by atoms with Gasteiger partial charge in [0.05, 0.1) is 0 Å². The number of nitrogens with zero attached hydrogens (tertiary/aromatic N) is 2. The Hall–Kier alpha value is -1.30. The molecule has 1 aliphatic rings. The van der Waals surface area contributed by atoms with Crippen LogP contribution >= 0.6 is 11.3 Å². The van der Waals surface area contributed by atoms with E-state index in [0.717, 1.165) is 37.5 Å². The number of nitrogens with one attached hydrogen (secondary N) is 1. The number of hydrogen-bond acceptors (Lipinski definition) is 5. The molecule has 1 aliphatic heterocycles. The van der Waals surface area contributed by atoms with Crippen LogP contribution in [0.2, 0.25) is 0 Å². The highest BCUT2D eigenvalue weighted by atomic mass is 32.1. The molecule has 0 aromatic carbocycles. The average molecular weight is 296 g/mol. The highest BCUT2D eigenvalue weighted by Gasteiger charge is 2.30. The molecule has 2 heterocycles. The molecule has 0 saturated carbocycles. The number of likely N-dealkylation sites (tertiary alicyclic amines) is 1. The van der Waals surface area contributed by atoms with Crippen LogP contribution in [0.3, 0.4) is 0 Å². The molecule has 0 aliphatic carbocycles. The van der Waals surface area contributed by atoms with Gasteiger partial charge in [-0.25, -0.2) is 4.98 Å². The van der Waals surface area contributed by atoms with Crippen molar-refractivity contribution in [2.75, 3.05) is 24.1 Å². The van der Waals surface area contributed by atoms with E-state index in [1.54, 1.807) is 0 Å². The van der Waals surface area contributed by atoms with E-state index in [1.165, 1.54) is 11.3 Å². The van der Waals surface area contributed by atoms with E-state index in [9.17, 15) is 4.79 Å². The second kappa shape index (κ2) is 6.43. The van der Waals surface area contributed by atoms with E-state index in [0.29, 0.717) is 22.7 Å². The molecule has 1 unspecified atom stereocenters. The van der Waals surface area contributed by atoms with Crippen molar-refractivity contribution < 1.29 is 4.79 Å². The standard InChI is InChI=1S/C14H24N4OS/c1-4-10-6-5-7-18(10)13(19)11-12(15)17-14(20-11)16-8-9(2)3/h9-10H,4-8,15H2,1-3H3,(H,16,17). The Morgan fingerprint density at radius 1 is 1.60 bits per heavy atom. The van der Waals surface area contributed by atoms with Gasteiger partial charge in [-0.2, -0.15) is 0 Å². The summed E-state index contributed by atoms with van der Waals surface area (Å²) in [7, 11) is 0. The highest BCUT2D eigenvalue weighted by molar-refractivity contribution is 7.18. The monoisotopic (exact) mass is 296 g/mol. The van der Waals surface area contributed by atoms with Crippen LogP contribution in [0.5, 0.6) is 0 Å². The second-order valence-electron chi connectivity index (χ2n) is 5.71. The van der Waals surface area contributed by atoms with Crippen LogP contribution in [-0.4, -0.2) is 34.9 Å². The number of carbonyl (C=O) groups is 1. The molecule has 2 rings (SSSR count). The van der Waals surface area contributed by atoms with Crippen LogP contribution in [-0.2, 0) is 0 Å². The molecule has 112 valence electrons. The lowest BCUT2D eigenvalue weighted by atomic mass is 10.2. The Morgan fingerprint density at radius 3 is 3.00 bits per heavy atom. The minimum Gasteiger partial charge on any atom is -0.382 e. The maximum absolute atomic E-state index is 12.6. The molecule has 0 bridgehead atoms. The van der Waals surface area contributed by atoms with E-state index < -0.39 is 0 Å². The van der Waals surface area contributed by atoms with E-state index in [4.69, 9.17) is 5.73 Å². The maximum Gasteiger partial charge on any atom is 0.268 e. The van der Waals surface area contributed by atoms with Crippen molar-refractivity contribution >= 4 is 28.2 Å². The first-order chi connectivity index (χ1) is 9.52. The summed E-state index contributed by atoms with van der Waals surface area (Å²) in [6.45, 7) is 8.06. The van der Waals surface area contributed by atoms with Crippen LogP contribution in [0.4, 0.5) is 10.9 Å². The van der Waals surface area contributed by atoms with Gasteiger partial charge in [0.15, 0.2) is 5.13 Å². The van der Waals surface area contributed by atoms with Crippen LogP contribution in [0.1, 0.15) is 49.7 Å². The summed E-state index contributed by atoms with van der Waals surface area (Å²) < 4.78 is 0. The number of nitrogens with two attached hydrogens (primary N) is 1. The van der Waals surface area contributed by atoms with Gasteiger partial charge in [0.25, 0.3) is 5.91 Å². The van der Waals surface area contributed by atoms with Crippen LogP contribution in [0, 0.1) is 5.92 Å². The van der Waals surface area contributed by atoms with Gasteiger partial charge >= 0.3 is 0 Å². The van der Waals surface area contributed by atoms with Gasteiger partial charge in [-0.1, -0.05) is 32.1 Å². The summed E-state index contributed by atoms with van der Waals surface area (Å²) in [5.41, 5.74) is 5.91. The van der Waals surface area contributed by atoms with Gasteiger partial charge < -0.3 is 16.0 Å². The molecular formula is C14H24N4OS. The number of hydrogen-bond donors (Lipinski definition) is 2. The average Bonchev–Trinajstić information content (AvgIpc) is 3.01. The summed E-state index contributed by atoms with van der Waals surface area (Å²) in [6.07, 6.45) is 3.18. The summed E-state index contributed by atoms with van der Waals surface area (Å²) in [4.78, 5) is 19.4. The second-order valence-corrected chi connectivity index (χ2v) is 6.71. The Balaban J connectivity index is 2.10.